The predicted octanol–water partition coefficient (Wildman–Crippen LogP) is 3.75. The van der Waals surface area contributed by atoms with Gasteiger partial charge in [-0.15, -0.1) is 0 Å². The summed E-state index contributed by atoms with van der Waals surface area (Å²) in [5, 5.41) is 0. The molecule has 1 saturated heterocycles. The summed E-state index contributed by atoms with van der Waals surface area (Å²) < 4.78 is 75.7. The van der Waals surface area contributed by atoms with E-state index in [-0.39, 0.29) is 17.9 Å². The van der Waals surface area contributed by atoms with Crippen molar-refractivity contribution in [3.8, 4) is 5.75 Å². The Hall–Kier alpha value is -1.37. The molecule has 7 heteroatoms. The quantitative estimate of drug-likeness (QED) is 0.791. The minimum atomic E-state index is -5.69. The third-order valence-electron chi connectivity index (χ3n) is 3.58. The van der Waals surface area contributed by atoms with E-state index < -0.39 is 23.6 Å². The third kappa shape index (κ3) is 1.87. The van der Waals surface area contributed by atoms with Crippen molar-refractivity contribution in [2.24, 2.45) is 5.92 Å². The molecule has 2 nitrogen and oxygen atoms in total. The normalized spacial score (nSPS) is 27.1. The smallest absolute Gasteiger partial charge is 0.456 e. The van der Waals surface area contributed by atoms with Gasteiger partial charge >= 0.3 is 12.1 Å². The van der Waals surface area contributed by atoms with Crippen molar-refractivity contribution < 1.29 is 31.4 Å². The largest absolute Gasteiger partial charge is 0.497 e. The van der Waals surface area contributed by atoms with Gasteiger partial charge in [0.15, 0.2) is 5.60 Å². The van der Waals surface area contributed by atoms with Gasteiger partial charge in [-0.05, 0) is 17.7 Å². The molecule has 0 N–H and O–H groups in total. The van der Waals surface area contributed by atoms with Gasteiger partial charge in [0, 0.05) is 5.92 Å². The average Bonchev–Trinajstić information content (AvgIpc) is 2.36. The standard InChI is InChI=1S/C13H13F5O2/c1-8-7-20-11(8,12(14,15)13(16,17)18)9-4-3-5-10(6-9)19-2/h3-6,8H,7H2,1-2H3/t8-,11+/m1/s1. The fraction of sp³-hybridized carbons (Fsp3) is 0.538. The molecule has 1 fully saturated rings. The lowest BCUT2D eigenvalue weighted by molar-refractivity contribution is -0.401. The van der Waals surface area contributed by atoms with Gasteiger partial charge in [-0.25, -0.2) is 0 Å². The van der Waals surface area contributed by atoms with E-state index in [1.54, 1.807) is 0 Å². The zero-order valence-corrected chi connectivity index (χ0v) is 10.8. The molecule has 1 aliphatic heterocycles. The molecule has 0 aliphatic carbocycles. The Bertz CT molecular complexity index is 500. The predicted molar refractivity (Wildman–Crippen MR) is 60.8 cm³/mol. The number of benzene rings is 1. The molecule has 0 radical (unpaired) electrons. The highest BCUT2D eigenvalue weighted by molar-refractivity contribution is 5.36. The van der Waals surface area contributed by atoms with Crippen LogP contribution in [0.15, 0.2) is 24.3 Å². The Kier molecular flexibility index (Phi) is 3.44. The lowest BCUT2D eigenvalue weighted by Crippen LogP contribution is -2.66. The number of ether oxygens (including phenoxy) is 2. The maximum Gasteiger partial charge on any atom is 0.456 e. The summed E-state index contributed by atoms with van der Waals surface area (Å²) in [5.41, 5.74) is -2.93. The number of rotatable bonds is 3. The van der Waals surface area contributed by atoms with Crippen LogP contribution in [0.4, 0.5) is 22.0 Å². The number of hydrogen-bond acceptors (Lipinski definition) is 2. The first kappa shape index (κ1) is 15.0. The number of methoxy groups -OCH3 is 1. The molecule has 1 aliphatic rings. The van der Waals surface area contributed by atoms with Crippen molar-refractivity contribution >= 4 is 0 Å². The fourth-order valence-corrected chi connectivity index (χ4v) is 2.43. The Labute approximate surface area is 112 Å². The summed E-state index contributed by atoms with van der Waals surface area (Å²) in [6.45, 7) is 1.16. The molecule has 0 saturated carbocycles. The van der Waals surface area contributed by atoms with Gasteiger partial charge in [-0.3, -0.25) is 0 Å². The SMILES string of the molecule is COc1cccc([C@@]2(C(F)(F)C(F)(F)F)OC[C@H]2C)c1. The summed E-state index contributed by atoms with van der Waals surface area (Å²) in [7, 11) is 1.30. The number of halogens is 5. The van der Waals surface area contributed by atoms with Gasteiger partial charge in [0.1, 0.15) is 5.75 Å². The molecule has 20 heavy (non-hydrogen) atoms. The topological polar surface area (TPSA) is 18.5 Å². The van der Waals surface area contributed by atoms with E-state index in [2.05, 4.69) is 0 Å². The minimum Gasteiger partial charge on any atom is -0.497 e. The van der Waals surface area contributed by atoms with Gasteiger partial charge in [0.2, 0.25) is 0 Å². The van der Waals surface area contributed by atoms with Gasteiger partial charge in [-0.1, -0.05) is 19.1 Å². The number of alkyl halides is 5. The summed E-state index contributed by atoms with van der Waals surface area (Å²) in [6.07, 6.45) is -5.69. The second-order valence-corrected chi connectivity index (χ2v) is 4.75. The van der Waals surface area contributed by atoms with Crippen molar-refractivity contribution in [3.05, 3.63) is 29.8 Å². The zero-order chi connectivity index (χ0) is 15.2. The van der Waals surface area contributed by atoms with Crippen LogP contribution in [0.2, 0.25) is 0 Å². The second kappa shape index (κ2) is 4.58. The first-order valence-electron chi connectivity index (χ1n) is 5.90. The third-order valence-corrected chi connectivity index (χ3v) is 3.58. The second-order valence-electron chi connectivity index (χ2n) is 4.75. The highest BCUT2D eigenvalue weighted by Crippen LogP contribution is 2.58. The van der Waals surface area contributed by atoms with E-state index in [0.29, 0.717) is 0 Å². The van der Waals surface area contributed by atoms with E-state index in [9.17, 15) is 22.0 Å². The molecule has 2 atom stereocenters. The molecule has 0 aromatic heterocycles. The maximum absolute atomic E-state index is 13.9. The first-order valence-corrected chi connectivity index (χ1v) is 5.90. The first-order chi connectivity index (χ1) is 9.16. The van der Waals surface area contributed by atoms with Crippen LogP contribution < -0.4 is 4.74 Å². The summed E-state index contributed by atoms with van der Waals surface area (Å²) >= 11 is 0. The van der Waals surface area contributed by atoms with Crippen molar-refractivity contribution in [2.75, 3.05) is 13.7 Å². The van der Waals surface area contributed by atoms with Gasteiger partial charge in [0.25, 0.3) is 0 Å². The minimum absolute atomic E-state index is 0.150. The van der Waals surface area contributed by atoms with E-state index in [1.807, 2.05) is 0 Å². The van der Waals surface area contributed by atoms with Crippen LogP contribution in [0.25, 0.3) is 0 Å². The molecule has 1 aromatic carbocycles. The van der Waals surface area contributed by atoms with Crippen molar-refractivity contribution in [1.29, 1.82) is 0 Å². The monoisotopic (exact) mass is 296 g/mol. The lowest BCUT2D eigenvalue weighted by atomic mass is 9.73. The summed E-state index contributed by atoms with van der Waals surface area (Å²) in [4.78, 5) is 0. The van der Waals surface area contributed by atoms with Gasteiger partial charge in [-0.2, -0.15) is 22.0 Å². The molecule has 1 aromatic rings. The van der Waals surface area contributed by atoms with Crippen LogP contribution in [-0.4, -0.2) is 25.8 Å². The maximum atomic E-state index is 13.9. The average molecular weight is 296 g/mol. The molecule has 1 heterocycles. The molecule has 0 amide bonds. The Morgan fingerprint density at radius 2 is 1.90 bits per heavy atom. The summed E-state index contributed by atoms with van der Waals surface area (Å²) in [6, 6.07) is 5.16. The molecule has 0 unspecified atom stereocenters. The van der Waals surface area contributed by atoms with Crippen LogP contribution in [0.1, 0.15) is 12.5 Å². The highest BCUT2D eigenvalue weighted by atomic mass is 19.4. The van der Waals surface area contributed by atoms with E-state index in [0.717, 1.165) is 6.07 Å². The zero-order valence-electron chi connectivity index (χ0n) is 10.8. The van der Waals surface area contributed by atoms with E-state index >= 15 is 0 Å². The van der Waals surface area contributed by atoms with Crippen LogP contribution in [0.5, 0.6) is 5.75 Å². The van der Waals surface area contributed by atoms with Crippen molar-refractivity contribution in [3.63, 3.8) is 0 Å². The van der Waals surface area contributed by atoms with Crippen LogP contribution in [0.3, 0.4) is 0 Å². The molecule has 2 rings (SSSR count). The van der Waals surface area contributed by atoms with Crippen molar-refractivity contribution in [2.45, 2.75) is 24.6 Å². The molecule has 0 bridgehead atoms. The fourth-order valence-electron chi connectivity index (χ4n) is 2.43. The highest BCUT2D eigenvalue weighted by Gasteiger charge is 2.76. The Morgan fingerprint density at radius 1 is 1.25 bits per heavy atom. The van der Waals surface area contributed by atoms with Crippen LogP contribution in [0, 0.1) is 5.92 Å². The van der Waals surface area contributed by atoms with E-state index in [1.165, 1.54) is 32.2 Å². The van der Waals surface area contributed by atoms with Gasteiger partial charge in [0.05, 0.1) is 13.7 Å². The molecular weight excluding hydrogens is 283 g/mol. The van der Waals surface area contributed by atoms with Crippen LogP contribution in [-0.2, 0) is 10.3 Å². The molecule has 0 spiro atoms. The van der Waals surface area contributed by atoms with Crippen LogP contribution >= 0.6 is 0 Å². The summed E-state index contributed by atoms with van der Waals surface area (Å²) in [5.74, 6) is -5.75. The Morgan fingerprint density at radius 3 is 2.30 bits per heavy atom. The van der Waals surface area contributed by atoms with Crippen molar-refractivity contribution in [1.82, 2.24) is 0 Å². The molecule has 112 valence electrons. The molecular formula is C13H13F5O2. The van der Waals surface area contributed by atoms with Gasteiger partial charge < -0.3 is 9.47 Å². The Balaban J connectivity index is 2.56. The number of hydrogen-bond donors (Lipinski definition) is 0. The van der Waals surface area contributed by atoms with E-state index in [4.69, 9.17) is 9.47 Å². The lowest BCUT2D eigenvalue weighted by Gasteiger charge is -2.52.